The molecule has 1 aliphatic rings. The van der Waals surface area contributed by atoms with Crippen LogP contribution >= 0.6 is 0 Å². The van der Waals surface area contributed by atoms with Crippen LogP contribution in [0.2, 0.25) is 0 Å². The van der Waals surface area contributed by atoms with Crippen molar-refractivity contribution in [2.75, 3.05) is 32.9 Å². The lowest BCUT2D eigenvalue weighted by molar-refractivity contribution is 0.0342. The minimum Gasteiger partial charge on any atom is -0.491 e. The Labute approximate surface area is 161 Å². The fraction of sp³-hybridized carbons (Fsp3) is 0.409. The van der Waals surface area contributed by atoms with Crippen LogP contribution in [-0.2, 0) is 11.3 Å². The third-order valence-corrected chi connectivity index (χ3v) is 4.69. The van der Waals surface area contributed by atoms with Crippen molar-refractivity contribution >= 4 is 5.91 Å². The molecule has 1 amide bonds. The van der Waals surface area contributed by atoms with Gasteiger partial charge in [-0.05, 0) is 43.2 Å². The van der Waals surface area contributed by atoms with E-state index in [4.69, 9.17) is 9.47 Å². The van der Waals surface area contributed by atoms with E-state index in [1.807, 2.05) is 62.4 Å². The number of carbonyl (C=O) groups is 1. The van der Waals surface area contributed by atoms with Gasteiger partial charge in [0, 0.05) is 25.2 Å². The van der Waals surface area contributed by atoms with E-state index in [2.05, 4.69) is 10.2 Å². The number of aryl methyl sites for hydroxylation is 1. The molecule has 1 saturated heterocycles. The molecule has 1 fully saturated rings. The standard InChI is InChI=1S/C22H28N2O3/c1-17-5-3-4-6-21(17)27-16-18(2)23-22(25)20-9-7-19(8-10-20)15-24-11-13-26-14-12-24/h3-10,18H,11-16H2,1-2H3,(H,23,25)/t18-/m1/s1. The first-order valence-corrected chi connectivity index (χ1v) is 9.50. The highest BCUT2D eigenvalue weighted by Crippen LogP contribution is 2.16. The second kappa shape index (κ2) is 9.53. The van der Waals surface area contributed by atoms with Crippen molar-refractivity contribution in [1.29, 1.82) is 0 Å². The quantitative estimate of drug-likeness (QED) is 0.816. The van der Waals surface area contributed by atoms with Crippen LogP contribution in [0.5, 0.6) is 5.75 Å². The van der Waals surface area contributed by atoms with E-state index in [0.29, 0.717) is 12.2 Å². The first kappa shape index (κ1) is 19.4. The summed E-state index contributed by atoms with van der Waals surface area (Å²) in [6, 6.07) is 15.6. The molecule has 1 aliphatic heterocycles. The number of ether oxygens (including phenoxy) is 2. The highest BCUT2D eigenvalue weighted by molar-refractivity contribution is 5.94. The van der Waals surface area contributed by atoms with Crippen molar-refractivity contribution < 1.29 is 14.3 Å². The van der Waals surface area contributed by atoms with Gasteiger partial charge < -0.3 is 14.8 Å². The molecule has 2 aromatic carbocycles. The second-order valence-corrected chi connectivity index (χ2v) is 7.04. The summed E-state index contributed by atoms with van der Waals surface area (Å²) >= 11 is 0. The van der Waals surface area contributed by atoms with Crippen LogP contribution in [0.1, 0.15) is 28.4 Å². The third-order valence-electron chi connectivity index (χ3n) is 4.69. The summed E-state index contributed by atoms with van der Waals surface area (Å²) in [5.74, 6) is 0.778. The molecule has 0 bridgehead atoms. The minimum absolute atomic E-state index is 0.0752. The SMILES string of the molecule is Cc1ccccc1OC[C@@H](C)NC(=O)c1ccc(CN2CCOCC2)cc1. The van der Waals surface area contributed by atoms with Gasteiger partial charge in [-0.1, -0.05) is 30.3 Å². The molecule has 1 N–H and O–H groups in total. The lowest BCUT2D eigenvalue weighted by Crippen LogP contribution is -2.37. The number of nitrogens with one attached hydrogen (secondary N) is 1. The molecule has 1 heterocycles. The number of rotatable bonds is 7. The number of para-hydroxylation sites is 1. The Morgan fingerprint density at radius 1 is 1.15 bits per heavy atom. The van der Waals surface area contributed by atoms with Gasteiger partial charge in [-0.3, -0.25) is 9.69 Å². The van der Waals surface area contributed by atoms with Crippen LogP contribution in [-0.4, -0.2) is 49.8 Å². The molecule has 0 saturated carbocycles. The van der Waals surface area contributed by atoms with Crippen LogP contribution in [0.25, 0.3) is 0 Å². The molecule has 0 aliphatic carbocycles. The average molecular weight is 368 g/mol. The van der Waals surface area contributed by atoms with Crippen LogP contribution in [0, 0.1) is 6.92 Å². The van der Waals surface area contributed by atoms with Gasteiger partial charge in [0.2, 0.25) is 0 Å². The molecule has 0 aromatic heterocycles. The highest BCUT2D eigenvalue weighted by Gasteiger charge is 2.13. The predicted octanol–water partition coefficient (Wildman–Crippen LogP) is 3.02. The Morgan fingerprint density at radius 2 is 1.85 bits per heavy atom. The summed E-state index contributed by atoms with van der Waals surface area (Å²) in [6.45, 7) is 8.80. The number of benzene rings is 2. The Bertz CT molecular complexity index is 739. The summed E-state index contributed by atoms with van der Waals surface area (Å²) < 4.78 is 11.2. The smallest absolute Gasteiger partial charge is 0.251 e. The zero-order valence-electron chi connectivity index (χ0n) is 16.1. The molecule has 1 atom stereocenters. The van der Waals surface area contributed by atoms with Gasteiger partial charge in [-0.25, -0.2) is 0 Å². The van der Waals surface area contributed by atoms with Crippen LogP contribution in [0.3, 0.4) is 0 Å². The van der Waals surface area contributed by atoms with Crippen molar-refractivity contribution in [2.45, 2.75) is 26.4 Å². The van der Waals surface area contributed by atoms with Gasteiger partial charge in [-0.15, -0.1) is 0 Å². The van der Waals surface area contributed by atoms with Gasteiger partial charge in [0.25, 0.3) is 5.91 Å². The van der Waals surface area contributed by atoms with Gasteiger partial charge in [0.15, 0.2) is 0 Å². The van der Waals surface area contributed by atoms with Crippen LogP contribution in [0.15, 0.2) is 48.5 Å². The molecular weight excluding hydrogens is 340 g/mol. The lowest BCUT2D eigenvalue weighted by atomic mass is 10.1. The maximum absolute atomic E-state index is 12.4. The first-order chi connectivity index (χ1) is 13.1. The van der Waals surface area contributed by atoms with E-state index in [1.54, 1.807) is 0 Å². The number of morpholine rings is 1. The Morgan fingerprint density at radius 3 is 2.56 bits per heavy atom. The molecule has 2 aromatic rings. The summed E-state index contributed by atoms with van der Waals surface area (Å²) in [6.07, 6.45) is 0. The van der Waals surface area contributed by atoms with Crippen LogP contribution < -0.4 is 10.1 Å². The Balaban J connectivity index is 1.47. The van der Waals surface area contributed by atoms with Crippen molar-refractivity contribution in [1.82, 2.24) is 10.2 Å². The fourth-order valence-corrected chi connectivity index (χ4v) is 3.06. The summed E-state index contributed by atoms with van der Waals surface area (Å²) in [5.41, 5.74) is 2.97. The molecule has 5 heteroatoms. The zero-order chi connectivity index (χ0) is 19.1. The molecule has 5 nitrogen and oxygen atoms in total. The van der Waals surface area contributed by atoms with Crippen molar-refractivity contribution in [3.05, 3.63) is 65.2 Å². The van der Waals surface area contributed by atoms with E-state index in [1.165, 1.54) is 5.56 Å². The molecule has 3 rings (SSSR count). The average Bonchev–Trinajstić information content (AvgIpc) is 2.69. The second-order valence-electron chi connectivity index (χ2n) is 7.04. The monoisotopic (exact) mass is 368 g/mol. The zero-order valence-corrected chi connectivity index (χ0v) is 16.1. The van der Waals surface area contributed by atoms with Gasteiger partial charge in [0.05, 0.1) is 19.3 Å². The van der Waals surface area contributed by atoms with Crippen LogP contribution in [0.4, 0.5) is 0 Å². The summed E-state index contributed by atoms with van der Waals surface area (Å²) in [7, 11) is 0. The maximum Gasteiger partial charge on any atom is 0.251 e. The molecule has 27 heavy (non-hydrogen) atoms. The Kier molecular flexibility index (Phi) is 6.85. The predicted molar refractivity (Wildman–Crippen MR) is 106 cm³/mol. The fourth-order valence-electron chi connectivity index (χ4n) is 3.06. The number of hydrogen-bond donors (Lipinski definition) is 1. The van der Waals surface area contributed by atoms with Gasteiger partial charge in [0.1, 0.15) is 12.4 Å². The van der Waals surface area contributed by atoms with Gasteiger partial charge >= 0.3 is 0 Å². The Hall–Kier alpha value is -2.37. The summed E-state index contributed by atoms with van der Waals surface area (Å²) in [4.78, 5) is 14.8. The first-order valence-electron chi connectivity index (χ1n) is 9.50. The molecular formula is C22H28N2O3. The molecule has 0 spiro atoms. The van der Waals surface area contributed by atoms with E-state index in [-0.39, 0.29) is 11.9 Å². The lowest BCUT2D eigenvalue weighted by Gasteiger charge is -2.26. The number of amides is 1. The third kappa shape index (κ3) is 5.81. The van der Waals surface area contributed by atoms with E-state index in [9.17, 15) is 4.79 Å². The molecule has 0 radical (unpaired) electrons. The van der Waals surface area contributed by atoms with Gasteiger partial charge in [-0.2, -0.15) is 0 Å². The van der Waals surface area contributed by atoms with Crippen molar-refractivity contribution in [3.63, 3.8) is 0 Å². The van der Waals surface area contributed by atoms with Crippen molar-refractivity contribution in [3.8, 4) is 5.75 Å². The summed E-state index contributed by atoms with van der Waals surface area (Å²) in [5, 5.41) is 3.00. The highest BCUT2D eigenvalue weighted by atomic mass is 16.5. The van der Waals surface area contributed by atoms with E-state index in [0.717, 1.165) is 44.2 Å². The molecule has 0 unspecified atom stereocenters. The van der Waals surface area contributed by atoms with Crippen molar-refractivity contribution in [2.24, 2.45) is 0 Å². The van der Waals surface area contributed by atoms with E-state index >= 15 is 0 Å². The molecule has 144 valence electrons. The maximum atomic E-state index is 12.4. The number of nitrogens with zero attached hydrogens (tertiary/aromatic N) is 1. The normalized spacial score (nSPS) is 15.9. The largest absolute Gasteiger partial charge is 0.491 e. The van der Waals surface area contributed by atoms with E-state index < -0.39 is 0 Å². The minimum atomic E-state index is -0.0786. The number of carbonyl (C=O) groups excluding carboxylic acids is 1. The number of hydrogen-bond acceptors (Lipinski definition) is 4. The topological polar surface area (TPSA) is 50.8 Å².